The smallest absolute Gasteiger partial charge is 0.411 e. The Morgan fingerprint density at radius 1 is 0.527 bits per heavy atom. The van der Waals surface area contributed by atoms with Crippen molar-refractivity contribution in [3.63, 3.8) is 0 Å². The number of nitro groups is 2. The van der Waals surface area contributed by atoms with Gasteiger partial charge in [0.05, 0.1) is 43.9 Å². The summed E-state index contributed by atoms with van der Waals surface area (Å²) < 4.78 is 11.4. The second kappa shape index (κ2) is 29.3. The van der Waals surface area contributed by atoms with E-state index in [9.17, 15) is 49.0 Å². The molecule has 2 atom stereocenters. The highest BCUT2D eigenvalue weighted by atomic mass is 32.2. The van der Waals surface area contributed by atoms with Crippen LogP contribution in [0, 0.1) is 20.2 Å². The summed E-state index contributed by atoms with van der Waals surface area (Å²) in [5, 5.41) is 33.5. The van der Waals surface area contributed by atoms with Crippen LogP contribution >= 0.6 is 11.8 Å². The molecule has 0 saturated carbocycles. The van der Waals surface area contributed by atoms with E-state index in [1.807, 2.05) is 113 Å². The van der Waals surface area contributed by atoms with Gasteiger partial charge in [0.1, 0.15) is 23.3 Å². The number of amides is 6. The highest BCUT2D eigenvalue weighted by Crippen LogP contribution is 2.50. The molecule has 2 heterocycles. The van der Waals surface area contributed by atoms with Crippen LogP contribution in [-0.2, 0) is 41.7 Å². The van der Waals surface area contributed by atoms with Crippen LogP contribution in [0.15, 0.2) is 155 Å². The Balaban J connectivity index is 1.16. The van der Waals surface area contributed by atoms with Gasteiger partial charge in [-0.1, -0.05) is 161 Å². The van der Waals surface area contributed by atoms with Crippen LogP contribution in [0.1, 0.15) is 114 Å². The highest BCUT2D eigenvalue weighted by Gasteiger charge is 2.41. The Hall–Kier alpha value is -9.63. The van der Waals surface area contributed by atoms with E-state index < -0.39 is 68.9 Å². The van der Waals surface area contributed by atoms with Crippen LogP contribution in [0.2, 0.25) is 0 Å². The summed E-state index contributed by atoms with van der Waals surface area (Å²) in [6.07, 6.45) is 4.10. The average molecular weight is 1260 g/mol. The molecule has 2 N–H and O–H groups in total. The fraction of sp³-hybridized carbons (Fsp3) is 0.343. The first-order chi connectivity index (χ1) is 43.2. The fourth-order valence-electron chi connectivity index (χ4n) is 11.0. The number of benzene rings is 6. The molecule has 0 radical (unpaired) electrons. The molecule has 2 aliphatic heterocycles. The van der Waals surface area contributed by atoms with Gasteiger partial charge in [-0.3, -0.25) is 49.2 Å². The molecule has 20 nitrogen and oxygen atoms in total. The van der Waals surface area contributed by atoms with E-state index in [-0.39, 0.29) is 96.5 Å². The molecule has 0 aliphatic carbocycles. The number of ether oxygens (including phenoxy) is 2. The molecule has 6 amide bonds. The van der Waals surface area contributed by atoms with Gasteiger partial charge in [0.2, 0.25) is 23.6 Å². The molecule has 0 spiro atoms. The lowest BCUT2D eigenvalue weighted by atomic mass is 9.89. The average Bonchev–Trinajstić information content (AvgIpc) is 0.801. The van der Waals surface area contributed by atoms with Crippen molar-refractivity contribution in [2.45, 2.75) is 127 Å². The van der Waals surface area contributed by atoms with Crippen molar-refractivity contribution in [2.24, 2.45) is 0 Å². The minimum atomic E-state index is -1.12. The Labute approximate surface area is 534 Å². The van der Waals surface area contributed by atoms with Gasteiger partial charge in [0.15, 0.2) is 0 Å². The molecule has 8 rings (SSSR count). The lowest BCUT2D eigenvalue weighted by Gasteiger charge is -2.40. The third-order valence-electron chi connectivity index (χ3n) is 15.3. The van der Waals surface area contributed by atoms with Crippen molar-refractivity contribution in [1.82, 2.24) is 30.2 Å². The maximum absolute atomic E-state index is 14.4. The van der Waals surface area contributed by atoms with Crippen molar-refractivity contribution in [3.8, 4) is 22.3 Å². The summed E-state index contributed by atoms with van der Waals surface area (Å²) in [5.74, 6) is -2.32. The van der Waals surface area contributed by atoms with Crippen LogP contribution < -0.4 is 10.6 Å². The first kappa shape index (κ1) is 67.3. The molecular formula is C70H78N8O12S. The second-order valence-electron chi connectivity index (χ2n) is 24.9. The lowest BCUT2D eigenvalue weighted by Crippen LogP contribution is -2.61. The quantitative estimate of drug-likeness (QED) is 0.0462. The van der Waals surface area contributed by atoms with Crippen LogP contribution in [0.3, 0.4) is 0 Å². The number of nitro benzene ring substituents is 2. The van der Waals surface area contributed by atoms with E-state index in [1.165, 1.54) is 56.0 Å². The zero-order valence-corrected chi connectivity index (χ0v) is 53.8. The molecule has 2 unspecified atom stereocenters. The van der Waals surface area contributed by atoms with Gasteiger partial charge in [0, 0.05) is 51.4 Å². The second-order valence-corrected chi connectivity index (χ2v) is 26.0. The number of carbonyl (C=O) groups is 6. The maximum atomic E-state index is 14.4. The summed E-state index contributed by atoms with van der Waals surface area (Å²) in [5.41, 5.74) is 2.58. The Morgan fingerprint density at radius 3 is 1.22 bits per heavy atom. The predicted molar refractivity (Wildman–Crippen MR) is 351 cm³/mol. The predicted octanol–water partition coefficient (Wildman–Crippen LogP) is 12.8. The number of nitrogens with zero attached hydrogens (tertiary/aromatic N) is 6. The molecule has 21 heteroatoms. The number of hydrogen-bond acceptors (Lipinski definition) is 13. The van der Waals surface area contributed by atoms with Crippen molar-refractivity contribution < 1.29 is 48.1 Å². The van der Waals surface area contributed by atoms with Gasteiger partial charge in [-0.15, -0.1) is 0 Å². The minimum absolute atomic E-state index is 0.0250. The summed E-state index contributed by atoms with van der Waals surface area (Å²) in [4.78, 5) is 116. The van der Waals surface area contributed by atoms with Crippen LogP contribution in [0.4, 0.5) is 21.0 Å². The lowest BCUT2D eigenvalue weighted by molar-refractivity contribution is -0.387. The van der Waals surface area contributed by atoms with E-state index in [2.05, 4.69) is 10.6 Å². The first-order valence-electron chi connectivity index (χ1n) is 30.2. The molecule has 0 bridgehead atoms. The largest absolute Gasteiger partial charge is 0.444 e. The van der Waals surface area contributed by atoms with E-state index in [0.29, 0.717) is 22.3 Å². The van der Waals surface area contributed by atoms with Crippen molar-refractivity contribution >= 4 is 71.1 Å². The molecule has 6 aromatic rings. The van der Waals surface area contributed by atoms with Gasteiger partial charge in [-0.05, 0) is 122 Å². The van der Waals surface area contributed by atoms with Gasteiger partial charge < -0.3 is 29.9 Å². The standard InChI is InChI=1S/C70H78N8O12S/c1-45(2)51-25-17-19-27-53(51)61-49(31-35-59(79)73-37-39-75(67(83)89-69(5,6)7)55(43-73)65(81)71-41-47-21-13-11-14-22-47)29-33-57(63(61)77(85)86)91-58-34-30-50(62(64(58)78(87)88)54-28-20-18-26-52(54)46(3)4)32-36-60(80)74-38-40-76(68(84)90-70(8,9)10)56(44-74)66(82)72-42-48-23-15-12-16-24-48/h11-36,45-46,55-56H,37-44H2,1-10H3,(H,71,81)(H,72,82)/b35-31+,36-32+. The van der Waals surface area contributed by atoms with Crippen molar-refractivity contribution in [3.05, 3.63) is 199 Å². The summed E-state index contributed by atoms with van der Waals surface area (Å²) in [6.45, 7) is 18.1. The summed E-state index contributed by atoms with van der Waals surface area (Å²) in [7, 11) is 0. The number of rotatable bonds is 18. The monoisotopic (exact) mass is 1250 g/mol. The van der Waals surface area contributed by atoms with Crippen molar-refractivity contribution in [1.29, 1.82) is 0 Å². The summed E-state index contributed by atoms with van der Waals surface area (Å²) in [6, 6.07) is 36.9. The first-order valence-corrected chi connectivity index (χ1v) is 31.1. The third-order valence-corrected chi connectivity index (χ3v) is 16.4. The zero-order valence-electron chi connectivity index (χ0n) is 53.0. The van der Waals surface area contributed by atoms with E-state index in [0.717, 1.165) is 34.0 Å². The van der Waals surface area contributed by atoms with Gasteiger partial charge in [0.25, 0.3) is 11.4 Å². The Kier molecular flexibility index (Phi) is 21.7. The molecular weight excluding hydrogens is 1180 g/mol. The highest BCUT2D eigenvalue weighted by molar-refractivity contribution is 7.99. The molecule has 2 saturated heterocycles. The van der Waals surface area contributed by atoms with Crippen LogP contribution in [0.25, 0.3) is 34.4 Å². The molecule has 2 fully saturated rings. The fourth-order valence-corrected chi connectivity index (χ4v) is 12.0. The molecule has 0 aromatic heterocycles. The van der Waals surface area contributed by atoms with Crippen LogP contribution in [-0.4, -0.2) is 128 Å². The van der Waals surface area contributed by atoms with Gasteiger partial charge >= 0.3 is 12.2 Å². The molecule has 91 heavy (non-hydrogen) atoms. The number of carbonyl (C=O) groups excluding carboxylic acids is 6. The zero-order chi connectivity index (χ0) is 65.9. The molecule has 6 aromatic carbocycles. The number of piperazine rings is 2. The van der Waals surface area contributed by atoms with E-state index in [4.69, 9.17) is 9.47 Å². The molecule has 476 valence electrons. The van der Waals surface area contributed by atoms with Gasteiger partial charge in [-0.2, -0.15) is 0 Å². The molecule has 2 aliphatic rings. The Bertz CT molecular complexity index is 3520. The number of nitrogens with one attached hydrogen (secondary N) is 2. The number of hydrogen-bond donors (Lipinski definition) is 2. The SMILES string of the molecule is CC(C)c1ccccc1-c1c(/C=C/C(=O)N2CCN(C(=O)OC(C)(C)C)C(C(=O)NCc3ccccc3)C2)ccc(Sc2ccc(/C=C/C(=O)N3CCN(C(=O)OC(C)(C)C)C(C(=O)NCc4ccccc4)C3)c(-c3ccccc3C(C)C)c2[N+](=O)[O-])c1[N+](=O)[O-]. The third kappa shape index (κ3) is 17.0. The maximum Gasteiger partial charge on any atom is 0.411 e. The summed E-state index contributed by atoms with van der Waals surface area (Å²) >= 11 is 0.835. The van der Waals surface area contributed by atoms with Crippen molar-refractivity contribution in [2.75, 3.05) is 39.3 Å². The topological polar surface area (TPSA) is 244 Å². The van der Waals surface area contributed by atoms with E-state index >= 15 is 0 Å². The van der Waals surface area contributed by atoms with Crippen LogP contribution in [0.5, 0.6) is 0 Å². The Morgan fingerprint density at radius 2 is 0.879 bits per heavy atom. The normalized spacial score (nSPS) is 15.5. The van der Waals surface area contributed by atoms with Gasteiger partial charge in [-0.25, -0.2) is 9.59 Å². The minimum Gasteiger partial charge on any atom is -0.444 e. The van der Waals surface area contributed by atoms with E-state index in [1.54, 1.807) is 77.9 Å².